The first-order chi connectivity index (χ1) is 8.70. The quantitative estimate of drug-likeness (QED) is 0.583. The minimum atomic E-state index is 0.130. The summed E-state index contributed by atoms with van der Waals surface area (Å²) in [5.74, 6) is 0.130. The predicted octanol–water partition coefficient (Wildman–Crippen LogP) is 1.32. The molecule has 1 aromatic carbocycles. The largest absolute Gasteiger partial charge is 0.368 e. The van der Waals surface area contributed by atoms with Crippen molar-refractivity contribution in [1.82, 2.24) is 4.90 Å². The van der Waals surface area contributed by atoms with Gasteiger partial charge in [0, 0.05) is 38.8 Å². The Bertz CT molecular complexity index is 470. The lowest BCUT2D eigenvalue weighted by molar-refractivity contribution is -0.129. The molecule has 0 spiro atoms. The molecule has 0 N–H and O–H groups in total. The third kappa shape index (κ3) is 2.76. The van der Waals surface area contributed by atoms with E-state index in [0.717, 1.165) is 31.9 Å². The topological polar surface area (TPSA) is 53.0 Å². The molecule has 94 valence electrons. The van der Waals surface area contributed by atoms with E-state index in [4.69, 9.17) is 0 Å². The lowest BCUT2D eigenvalue weighted by atomic mass is 10.2. The monoisotopic (exact) mass is 245 g/mol. The summed E-state index contributed by atoms with van der Waals surface area (Å²) in [6.45, 7) is 4.76. The van der Waals surface area contributed by atoms with Crippen LogP contribution < -0.4 is 4.90 Å². The molecular formula is C13H15N3O2. The van der Waals surface area contributed by atoms with Gasteiger partial charge in [0.15, 0.2) is 0 Å². The van der Waals surface area contributed by atoms with Crippen LogP contribution in [0.5, 0.6) is 0 Å². The Morgan fingerprint density at radius 2 is 1.78 bits per heavy atom. The zero-order valence-electron chi connectivity index (χ0n) is 10.3. The minimum Gasteiger partial charge on any atom is -0.368 e. The van der Waals surface area contributed by atoms with Crippen LogP contribution >= 0.6 is 0 Å². The van der Waals surface area contributed by atoms with Crippen LogP contribution in [0.2, 0.25) is 0 Å². The highest BCUT2D eigenvalue weighted by Crippen LogP contribution is 2.20. The maximum atomic E-state index is 11.2. The molecule has 1 fully saturated rings. The number of anilines is 1. The number of piperazine rings is 1. The molecule has 1 aliphatic heterocycles. The number of amides is 1. The minimum absolute atomic E-state index is 0.130. The zero-order valence-corrected chi connectivity index (χ0v) is 10.3. The number of aliphatic imine (C=N–C) groups is 1. The van der Waals surface area contributed by atoms with Crippen molar-refractivity contribution in [3.63, 3.8) is 0 Å². The van der Waals surface area contributed by atoms with E-state index in [1.165, 1.54) is 6.08 Å². The van der Waals surface area contributed by atoms with Crippen molar-refractivity contribution in [3.8, 4) is 0 Å². The summed E-state index contributed by atoms with van der Waals surface area (Å²) in [6.07, 6.45) is 1.52. The number of carbonyl (C=O) groups excluding carboxylic acids is 2. The number of hydrogen-bond donors (Lipinski definition) is 0. The summed E-state index contributed by atoms with van der Waals surface area (Å²) in [5.41, 5.74) is 1.69. The third-order valence-electron chi connectivity index (χ3n) is 3.11. The Morgan fingerprint density at radius 1 is 1.17 bits per heavy atom. The molecule has 0 aromatic heterocycles. The van der Waals surface area contributed by atoms with Gasteiger partial charge in [-0.2, -0.15) is 4.99 Å². The molecule has 0 aliphatic carbocycles. The van der Waals surface area contributed by atoms with E-state index in [0.29, 0.717) is 5.69 Å². The molecule has 0 atom stereocenters. The Labute approximate surface area is 106 Å². The van der Waals surface area contributed by atoms with Crippen LogP contribution in [0.25, 0.3) is 0 Å². The molecule has 1 heterocycles. The van der Waals surface area contributed by atoms with Gasteiger partial charge < -0.3 is 9.80 Å². The van der Waals surface area contributed by atoms with Gasteiger partial charge in [0.25, 0.3) is 0 Å². The van der Waals surface area contributed by atoms with E-state index < -0.39 is 0 Å². The lowest BCUT2D eigenvalue weighted by Crippen LogP contribution is -2.48. The first kappa shape index (κ1) is 12.3. The number of benzene rings is 1. The first-order valence-corrected chi connectivity index (χ1v) is 5.89. The fraction of sp³-hybridized carbons (Fsp3) is 0.385. The van der Waals surface area contributed by atoms with Gasteiger partial charge in [-0.15, -0.1) is 0 Å². The Balaban J connectivity index is 2.01. The zero-order chi connectivity index (χ0) is 13.0. The van der Waals surface area contributed by atoms with Crippen LogP contribution in [0.4, 0.5) is 11.4 Å². The fourth-order valence-corrected chi connectivity index (χ4v) is 2.07. The summed E-state index contributed by atoms with van der Waals surface area (Å²) in [4.78, 5) is 29.0. The molecule has 0 bridgehead atoms. The molecule has 1 aromatic rings. The molecule has 0 radical (unpaired) electrons. The summed E-state index contributed by atoms with van der Waals surface area (Å²) < 4.78 is 0. The molecule has 2 rings (SSSR count). The van der Waals surface area contributed by atoms with Crippen molar-refractivity contribution in [2.45, 2.75) is 6.92 Å². The van der Waals surface area contributed by atoms with Crippen molar-refractivity contribution < 1.29 is 9.59 Å². The maximum absolute atomic E-state index is 11.2. The van der Waals surface area contributed by atoms with Crippen molar-refractivity contribution >= 4 is 23.4 Å². The smallest absolute Gasteiger partial charge is 0.240 e. The van der Waals surface area contributed by atoms with Gasteiger partial charge in [-0.1, -0.05) is 0 Å². The van der Waals surface area contributed by atoms with E-state index in [-0.39, 0.29) is 5.91 Å². The fourth-order valence-electron chi connectivity index (χ4n) is 2.07. The average molecular weight is 245 g/mol. The second-order valence-electron chi connectivity index (χ2n) is 4.21. The Morgan fingerprint density at radius 3 is 2.28 bits per heavy atom. The highest BCUT2D eigenvalue weighted by atomic mass is 16.2. The summed E-state index contributed by atoms with van der Waals surface area (Å²) in [6, 6.07) is 7.44. The number of nitrogens with zero attached hydrogens (tertiary/aromatic N) is 3. The van der Waals surface area contributed by atoms with Crippen molar-refractivity contribution in [2.75, 3.05) is 31.1 Å². The summed E-state index contributed by atoms with van der Waals surface area (Å²) in [7, 11) is 0. The van der Waals surface area contributed by atoms with E-state index in [9.17, 15) is 9.59 Å². The maximum Gasteiger partial charge on any atom is 0.240 e. The van der Waals surface area contributed by atoms with Gasteiger partial charge in [-0.25, -0.2) is 4.79 Å². The van der Waals surface area contributed by atoms with Crippen molar-refractivity contribution in [2.24, 2.45) is 4.99 Å². The lowest BCUT2D eigenvalue weighted by Gasteiger charge is -2.35. The number of isocyanates is 1. The Kier molecular flexibility index (Phi) is 3.75. The third-order valence-corrected chi connectivity index (χ3v) is 3.11. The molecule has 0 unspecified atom stereocenters. The van der Waals surface area contributed by atoms with Crippen LogP contribution in [0, 0.1) is 0 Å². The van der Waals surface area contributed by atoms with E-state index in [1.54, 1.807) is 19.1 Å². The summed E-state index contributed by atoms with van der Waals surface area (Å²) in [5, 5.41) is 0. The molecule has 5 nitrogen and oxygen atoms in total. The van der Waals surface area contributed by atoms with E-state index in [1.807, 2.05) is 17.0 Å². The second kappa shape index (κ2) is 5.47. The van der Waals surface area contributed by atoms with Crippen LogP contribution in [-0.4, -0.2) is 43.1 Å². The molecular weight excluding hydrogens is 230 g/mol. The molecule has 1 amide bonds. The highest BCUT2D eigenvalue weighted by Gasteiger charge is 2.18. The highest BCUT2D eigenvalue weighted by molar-refractivity contribution is 5.73. The molecule has 0 saturated carbocycles. The first-order valence-electron chi connectivity index (χ1n) is 5.89. The van der Waals surface area contributed by atoms with Gasteiger partial charge in [-0.05, 0) is 24.3 Å². The van der Waals surface area contributed by atoms with Crippen LogP contribution in [0.1, 0.15) is 6.92 Å². The average Bonchev–Trinajstić information content (AvgIpc) is 2.40. The standard InChI is InChI=1S/C13H15N3O2/c1-11(18)15-6-8-16(9-7-15)13-4-2-12(3-5-13)14-10-17/h2-5H,6-9H2,1H3. The molecule has 1 aliphatic rings. The van der Waals surface area contributed by atoms with Crippen LogP contribution in [0.3, 0.4) is 0 Å². The second-order valence-corrected chi connectivity index (χ2v) is 4.21. The van der Waals surface area contributed by atoms with Gasteiger partial charge in [0.2, 0.25) is 12.0 Å². The van der Waals surface area contributed by atoms with Crippen molar-refractivity contribution in [3.05, 3.63) is 24.3 Å². The SMILES string of the molecule is CC(=O)N1CCN(c2ccc(N=C=O)cc2)CC1. The van der Waals surface area contributed by atoms with Gasteiger partial charge >= 0.3 is 0 Å². The Hall–Kier alpha value is -2.13. The normalized spacial score (nSPS) is 15.2. The van der Waals surface area contributed by atoms with Gasteiger partial charge in [0.05, 0.1) is 5.69 Å². The van der Waals surface area contributed by atoms with Crippen LogP contribution in [0.15, 0.2) is 29.3 Å². The summed E-state index contributed by atoms with van der Waals surface area (Å²) >= 11 is 0. The van der Waals surface area contributed by atoms with Gasteiger partial charge in [0.1, 0.15) is 0 Å². The van der Waals surface area contributed by atoms with Crippen LogP contribution in [-0.2, 0) is 9.59 Å². The predicted molar refractivity (Wildman–Crippen MR) is 68.7 cm³/mol. The molecule has 5 heteroatoms. The number of carbonyl (C=O) groups is 1. The molecule has 1 saturated heterocycles. The number of rotatable bonds is 2. The van der Waals surface area contributed by atoms with Crippen molar-refractivity contribution in [1.29, 1.82) is 0 Å². The molecule has 18 heavy (non-hydrogen) atoms. The van der Waals surface area contributed by atoms with E-state index >= 15 is 0 Å². The van der Waals surface area contributed by atoms with Gasteiger partial charge in [-0.3, -0.25) is 4.79 Å². The van der Waals surface area contributed by atoms with E-state index in [2.05, 4.69) is 9.89 Å². The number of hydrogen-bond acceptors (Lipinski definition) is 4.